The van der Waals surface area contributed by atoms with Gasteiger partial charge in [-0.05, 0) is 129 Å². The molecule has 0 amide bonds. The Labute approximate surface area is 389 Å². The molecule has 66 heavy (non-hydrogen) atoms. The maximum atomic E-state index is 11.2. The molecular weight excluding hydrogens is 835 g/mol. The third-order valence-corrected chi connectivity index (χ3v) is 13.7. The van der Waals surface area contributed by atoms with Gasteiger partial charge in [0.15, 0.2) is 0 Å². The molecule has 0 unspecified atom stereocenters. The fourth-order valence-corrected chi connectivity index (χ4v) is 9.72. The third-order valence-electron chi connectivity index (χ3n) is 13.7. The molecule has 0 saturated heterocycles. The quantitative estimate of drug-likeness (QED) is 0.0740. The Balaban J connectivity index is 0.000000241. The van der Waals surface area contributed by atoms with Crippen LogP contribution in [0.1, 0.15) is 134 Å². The van der Waals surface area contributed by atoms with Gasteiger partial charge in [0, 0.05) is 12.8 Å². The standard InChI is InChI=1S/C34H49NO4.3C7H6O2/c1-5-6-9-27-21-35-32(39-27)34(17-18-34)31(38)15-10-22(2)28-13-14-29-24(8-7-16-33(28,29)4)11-12-25-19-26(36)20-30(37)23(25)3;3*8-7(9)6-4-2-1-3-5-6/h10-12,15,21-22,26,28-31,36-38H,3,5-9,13-14,16-20H2,1-2,4H3;3*1-5H,(H,8,9)/b15-10+,24-11+,25-12-;;;/t22-,26-,28-,29+,30+,31+,33-;;;/m1.../s1. The molecule has 0 aliphatic heterocycles. The van der Waals surface area contributed by atoms with E-state index < -0.39 is 36.2 Å². The molecule has 1 heterocycles. The van der Waals surface area contributed by atoms with Gasteiger partial charge in [0.1, 0.15) is 5.76 Å². The maximum Gasteiger partial charge on any atom is 0.335 e. The first-order chi connectivity index (χ1) is 31.6. The first kappa shape index (κ1) is 51.1. The third kappa shape index (κ3) is 13.6. The van der Waals surface area contributed by atoms with Crippen LogP contribution in [-0.4, -0.2) is 71.8 Å². The van der Waals surface area contributed by atoms with Gasteiger partial charge in [-0.3, -0.25) is 0 Å². The number of hydrogen-bond donors (Lipinski definition) is 6. The van der Waals surface area contributed by atoms with Gasteiger partial charge in [0.25, 0.3) is 0 Å². The van der Waals surface area contributed by atoms with Gasteiger partial charge in [-0.15, -0.1) is 0 Å². The fourth-order valence-electron chi connectivity index (χ4n) is 9.72. The lowest BCUT2D eigenvalue weighted by Gasteiger charge is -2.44. The Kier molecular flexibility index (Phi) is 18.6. The van der Waals surface area contributed by atoms with Crippen molar-refractivity contribution in [1.82, 2.24) is 4.98 Å². The van der Waals surface area contributed by atoms with E-state index in [9.17, 15) is 29.7 Å². The summed E-state index contributed by atoms with van der Waals surface area (Å²) in [5, 5.41) is 56.7. The SMILES string of the molecule is C=C1/C(=C\C=C2/CCC[C@]3(C)[C@@H]([C@H](C)/C=C/[C@H](O)C4(c5ncc(CCCC)o5)CC4)CC[C@@H]23)C[C@@H](O)C[C@@H]1O.O=C(O)c1ccccc1.O=C(O)c1ccccc1.O=C(O)c1ccccc1. The van der Waals surface area contributed by atoms with Crippen LogP contribution >= 0.6 is 0 Å². The summed E-state index contributed by atoms with van der Waals surface area (Å²) in [6, 6.07) is 24.9. The number of allylic oxidation sites excluding steroid dienone is 4. The average Bonchev–Trinajstić information content (AvgIpc) is 3.85. The molecule has 4 fully saturated rings. The van der Waals surface area contributed by atoms with Crippen LogP contribution in [0.3, 0.4) is 0 Å². The number of fused-ring (bicyclic) bond motifs is 1. The second kappa shape index (κ2) is 24.1. The highest BCUT2D eigenvalue weighted by molar-refractivity contribution is 5.88. The van der Waals surface area contributed by atoms with Crippen molar-refractivity contribution in [2.45, 2.75) is 122 Å². The summed E-state index contributed by atoms with van der Waals surface area (Å²) in [6.45, 7) is 11.1. The van der Waals surface area contributed by atoms with Gasteiger partial charge < -0.3 is 35.1 Å². The number of rotatable bonds is 12. The highest BCUT2D eigenvalue weighted by atomic mass is 16.4. The first-order valence-electron chi connectivity index (χ1n) is 23.2. The van der Waals surface area contributed by atoms with E-state index in [0.717, 1.165) is 55.4 Å². The Morgan fingerprint density at radius 2 is 1.36 bits per heavy atom. The van der Waals surface area contributed by atoms with Crippen LogP contribution in [0, 0.1) is 23.2 Å². The lowest BCUT2D eigenvalue weighted by Crippen LogP contribution is -2.35. The van der Waals surface area contributed by atoms with Gasteiger partial charge in [0.2, 0.25) is 5.89 Å². The number of oxazole rings is 1. The molecule has 1 aromatic heterocycles. The van der Waals surface area contributed by atoms with Crippen molar-refractivity contribution in [3.05, 3.63) is 173 Å². The van der Waals surface area contributed by atoms with Crippen LogP contribution < -0.4 is 0 Å². The van der Waals surface area contributed by atoms with Gasteiger partial charge in [0.05, 0.1) is 46.6 Å². The molecule has 0 bridgehead atoms. The summed E-state index contributed by atoms with van der Waals surface area (Å²) in [7, 11) is 0. The molecule has 6 N–H and O–H groups in total. The summed E-state index contributed by atoms with van der Waals surface area (Å²) in [4.78, 5) is 35.2. The van der Waals surface area contributed by atoms with Crippen molar-refractivity contribution in [3.63, 3.8) is 0 Å². The number of carboxylic acids is 3. The second-order valence-corrected chi connectivity index (χ2v) is 18.3. The van der Waals surface area contributed by atoms with Crippen LogP contribution in [0.15, 0.2) is 149 Å². The maximum absolute atomic E-state index is 11.2. The zero-order valence-electron chi connectivity index (χ0n) is 38.5. The minimum Gasteiger partial charge on any atom is -0.478 e. The molecule has 352 valence electrons. The van der Waals surface area contributed by atoms with Gasteiger partial charge >= 0.3 is 17.9 Å². The Bertz CT molecular complexity index is 2180. The number of hydrogen-bond acceptors (Lipinski definition) is 8. The molecule has 8 rings (SSSR count). The molecule has 11 nitrogen and oxygen atoms in total. The summed E-state index contributed by atoms with van der Waals surface area (Å²) < 4.78 is 6.08. The van der Waals surface area contributed by atoms with Gasteiger partial charge in [-0.2, -0.15) is 0 Å². The Hall–Kier alpha value is -5.88. The predicted molar refractivity (Wildman–Crippen MR) is 255 cm³/mol. The first-order valence-corrected chi connectivity index (χ1v) is 23.2. The van der Waals surface area contributed by atoms with E-state index >= 15 is 0 Å². The molecule has 11 heteroatoms. The zero-order chi connectivity index (χ0) is 47.9. The number of aromatic nitrogens is 1. The van der Waals surface area contributed by atoms with Crippen molar-refractivity contribution in [3.8, 4) is 0 Å². The van der Waals surface area contributed by atoms with Crippen molar-refractivity contribution in [2.24, 2.45) is 23.2 Å². The molecule has 0 radical (unpaired) electrons. The largest absolute Gasteiger partial charge is 0.478 e. The molecule has 4 aliphatic rings. The van der Waals surface area contributed by atoms with Gasteiger partial charge in [-0.1, -0.05) is 118 Å². The molecular formula is C55H67NO10. The zero-order valence-corrected chi connectivity index (χ0v) is 38.5. The van der Waals surface area contributed by atoms with Crippen LogP contribution in [0.4, 0.5) is 0 Å². The van der Waals surface area contributed by atoms with Crippen LogP contribution in [0.2, 0.25) is 0 Å². The Morgan fingerprint density at radius 3 is 1.85 bits per heavy atom. The molecule has 4 saturated carbocycles. The molecule has 0 spiro atoms. The van der Waals surface area contributed by atoms with Crippen LogP contribution in [0.25, 0.3) is 0 Å². The summed E-state index contributed by atoms with van der Waals surface area (Å²) in [5.41, 5.74) is 4.14. The number of nitrogens with zero attached hydrogens (tertiary/aromatic N) is 1. The predicted octanol–water partition coefficient (Wildman–Crippen LogP) is 10.9. The minimum atomic E-state index is -0.879. The van der Waals surface area contributed by atoms with E-state index in [2.05, 4.69) is 50.6 Å². The summed E-state index contributed by atoms with van der Waals surface area (Å²) in [5.74, 6) is 0.531. The van der Waals surface area contributed by atoms with E-state index in [0.29, 0.717) is 53.2 Å². The van der Waals surface area contributed by atoms with Crippen molar-refractivity contribution in [2.75, 3.05) is 0 Å². The van der Waals surface area contributed by atoms with Crippen LogP contribution in [0.5, 0.6) is 0 Å². The number of aryl methyl sites for hydroxylation is 1. The lowest BCUT2D eigenvalue weighted by molar-refractivity contribution is 0.0686. The molecule has 4 aliphatic carbocycles. The topological polar surface area (TPSA) is 199 Å². The number of aliphatic hydroxyl groups is 3. The monoisotopic (exact) mass is 901 g/mol. The smallest absolute Gasteiger partial charge is 0.335 e. The van der Waals surface area contributed by atoms with Crippen molar-refractivity contribution in [1.29, 1.82) is 0 Å². The molecule has 4 aromatic rings. The minimum absolute atomic E-state index is 0.244. The van der Waals surface area contributed by atoms with E-state index in [1.54, 1.807) is 91.0 Å². The number of carboxylic acid groups (broad SMARTS) is 3. The van der Waals surface area contributed by atoms with Gasteiger partial charge in [-0.25, -0.2) is 19.4 Å². The van der Waals surface area contributed by atoms with Crippen molar-refractivity contribution < 1.29 is 49.4 Å². The number of unbranched alkanes of at least 4 members (excludes halogenated alkanes) is 1. The second-order valence-electron chi connectivity index (χ2n) is 18.3. The lowest BCUT2D eigenvalue weighted by atomic mass is 9.61. The van der Waals surface area contributed by atoms with Crippen molar-refractivity contribution >= 4 is 17.9 Å². The highest BCUT2D eigenvalue weighted by Gasteiger charge is 2.54. The number of benzene rings is 3. The van der Waals surface area contributed by atoms with E-state index in [4.69, 9.17) is 19.7 Å². The van der Waals surface area contributed by atoms with E-state index in [-0.39, 0.29) is 10.8 Å². The number of aromatic carboxylic acids is 3. The number of carbonyl (C=O) groups is 3. The molecule has 7 atom stereocenters. The Morgan fingerprint density at radius 1 is 0.818 bits per heavy atom. The fraction of sp³-hybridized carbons (Fsp3) is 0.418. The normalized spacial score (nSPS) is 24.9. The van der Waals surface area contributed by atoms with E-state index in [1.807, 2.05) is 12.3 Å². The molecule has 3 aromatic carbocycles. The average molecular weight is 902 g/mol. The number of aliphatic hydroxyl groups excluding tert-OH is 3. The van der Waals surface area contributed by atoms with E-state index in [1.165, 1.54) is 31.3 Å². The summed E-state index contributed by atoms with van der Waals surface area (Å²) in [6.07, 6.45) is 20.7. The highest BCUT2D eigenvalue weighted by Crippen LogP contribution is 2.60. The van der Waals surface area contributed by atoms with Crippen LogP contribution in [-0.2, 0) is 11.8 Å². The summed E-state index contributed by atoms with van der Waals surface area (Å²) >= 11 is 0.